The molecule has 0 aliphatic rings. The first-order valence-corrected chi connectivity index (χ1v) is 9.28. The maximum absolute atomic E-state index is 13.0. The number of carbonyl (C=O) groups is 1. The minimum absolute atomic E-state index is 0.133. The zero-order valence-corrected chi connectivity index (χ0v) is 16.4. The number of rotatable bonds is 3. The van der Waals surface area contributed by atoms with Gasteiger partial charge in [0.1, 0.15) is 17.1 Å². The standard InChI is InChI=1S/C22H14BrNO4/c1-13-20(14-4-6-16(23)7-5-14)21(25)18-9-8-17(11-19(18)27-13)28-22(26)15-3-2-10-24-12-15/h2-12H,1H3. The minimum Gasteiger partial charge on any atom is -0.460 e. The first kappa shape index (κ1) is 18.1. The number of aryl methyl sites for hydroxylation is 1. The Balaban J connectivity index is 1.73. The molecule has 28 heavy (non-hydrogen) atoms. The Morgan fingerprint density at radius 3 is 2.61 bits per heavy atom. The monoisotopic (exact) mass is 435 g/mol. The number of pyridine rings is 1. The third-order valence-electron chi connectivity index (χ3n) is 4.28. The molecule has 0 aliphatic heterocycles. The highest BCUT2D eigenvalue weighted by Crippen LogP contribution is 2.27. The van der Waals surface area contributed by atoms with Crippen LogP contribution in [0.5, 0.6) is 5.75 Å². The fourth-order valence-electron chi connectivity index (χ4n) is 2.95. The zero-order valence-electron chi connectivity index (χ0n) is 14.8. The number of halogens is 1. The maximum atomic E-state index is 13.0. The van der Waals surface area contributed by atoms with Crippen LogP contribution in [0.25, 0.3) is 22.1 Å². The van der Waals surface area contributed by atoms with Gasteiger partial charge in [0.2, 0.25) is 5.43 Å². The van der Waals surface area contributed by atoms with Crippen molar-refractivity contribution in [2.75, 3.05) is 0 Å². The maximum Gasteiger partial charge on any atom is 0.345 e. The molecule has 0 aliphatic carbocycles. The van der Waals surface area contributed by atoms with Crippen molar-refractivity contribution in [1.29, 1.82) is 0 Å². The third kappa shape index (κ3) is 3.46. The van der Waals surface area contributed by atoms with Crippen molar-refractivity contribution in [2.45, 2.75) is 6.92 Å². The van der Waals surface area contributed by atoms with Gasteiger partial charge < -0.3 is 9.15 Å². The molecule has 0 bridgehead atoms. The fraction of sp³-hybridized carbons (Fsp3) is 0.0455. The molecule has 2 heterocycles. The number of benzene rings is 2. The Hall–Kier alpha value is -3.25. The predicted molar refractivity (Wildman–Crippen MR) is 110 cm³/mol. The number of carbonyl (C=O) groups excluding carboxylic acids is 1. The number of hydrogen-bond donors (Lipinski definition) is 0. The second-order valence-electron chi connectivity index (χ2n) is 6.16. The van der Waals surface area contributed by atoms with Crippen molar-refractivity contribution >= 4 is 32.9 Å². The van der Waals surface area contributed by atoms with Gasteiger partial charge in [-0.15, -0.1) is 0 Å². The van der Waals surface area contributed by atoms with E-state index in [2.05, 4.69) is 20.9 Å². The summed E-state index contributed by atoms with van der Waals surface area (Å²) in [4.78, 5) is 29.1. The average Bonchev–Trinajstić information content (AvgIpc) is 2.70. The molecular weight excluding hydrogens is 422 g/mol. The van der Waals surface area contributed by atoms with Crippen molar-refractivity contribution < 1.29 is 13.9 Å². The van der Waals surface area contributed by atoms with Crippen molar-refractivity contribution in [3.63, 3.8) is 0 Å². The highest BCUT2D eigenvalue weighted by molar-refractivity contribution is 9.10. The summed E-state index contributed by atoms with van der Waals surface area (Å²) in [7, 11) is 0. The molecule has 138 valence electrons. The van der Waals surface area contributed by atoms with Crippen LogP contribution in [0.4, 0.5) is 0 Å². The van der Waals surface area contributed by atoms with E-state index < -0.39 is 5.97 Å². The molecule has 0 unspecified atom stereocenters. The Kier molecular flexibility index (Phi) is 4.79. The molecule has 0 N–H and O–H groups in total. The smallest absolute Gasteiger partial charge is 0.345 e. The highest BCUT2D eigenvalue weighted by atomic mass is 79.9. The fourth-order valence-corrected chi connectivity index (χ4v) is 3.21. The van der Waals surface area contributed by atoms with Crippen LogP contribution in [0.15, 0.2) is 80.7 Å². The largest absolute Gasteiger partial charge is 0.460 e. The second kappa shape index (κ2) is 7.40. The lowest BCUT2D eigenvalue weighted by Gasteiger charge is -2.09. The molecule has 0 atom stereocenters. The zero-order chi connectivity index (χ0) is 19.7. The van der Waals surface area contributed by atoms with E-state index >= 15 is 0 Å². The SMILES string of the molecule is Cc1oc2cc(OC(=O)c3cccnc3)ccc2c(=O)c1-c1ccc(Br)cc1. The summed E-state index contributed by atoms with van der Waals surface area (Å²) in [5.41, 5.74) is 1.86. The van der Waals surface area contributed by atoms with E-state index in [0.29, 0.717) is 33.6 Å². The van der Waals surface area contributed by atoms with Crippen LogP contribution in [0.2, 0.25) is 0 Å². The number of fused-ring (bicyclic) bond motifs is 1. The van der Waals surface area contributed by atoms with Gasteiger partial charge in [-0.05, 0) is 48.9 Å². The normalized spacial score (nSPS) is 10.8. The number of nitrogens with zero attached hydrogens (tertiary/aromatic N) is 1. The Labute approximate surface area is 168 Å². The van der Waals surface area contributed by atoms with E-state index in [-0.39, 0.29) is 5.43 Å². The van der Waals surface area contributed by atoms with Gasteiger partial charge in [0.25, 0.3) is 0 Å². The Morgan fingerprint density at radius 2 is 1.89 bits per heavy atom. The summed E-state index contributed by atoms with van der Waals surface area (Å²) in [6, 6.07) is 15.5. The topological polar surface area (TPSA) is 69.4 Å². The first-order valence-electron chi connectivity index (χ1n) is 8.48. The van der Waals surface area contributed by atoms with Gasteiger partial charge in [0.05, 0.1) is 16.5 Å². The molecule has 4 rings (SSSR count). The number of ether oxygens (including phenoxy) is 1. The summed E-state index contributed by atoms with van der Waals surface area (Å²) in [6.45, 7) is 1.74. The minimum atomic E-state index is -0.530. The van der Waals surface area contributed by atoms with Crippen molar-refractivity contribution in [3.8, 4) is 16.9 Å². The van der Waals surface area contributed by atoms with E-state index in [1.165, 1.54) is 6.20 Å². The average molecular weight is 436 g/mol. The summed E-state index contributed by atoms with van der Waals surface area (Å²) in [5.74, 6) is 0.258. The summed E-state index contributed by atoms with van der Waals surface area (Å²) in [6.07, 6.45) is 3.01. The molecule has 0 saturated heterocycles. The van der Waals surface area contributed by atoms with Gasteiger partial charge in [-0.1, -0.05) is 28.1 Å². The molecule has 6 heteroatoms. The van der Waals surface area contributed by atoms with Crippen molar-refractivity contribution in [2.24, 2.45) is 0 Å². The van der Waals surface area contributed by atoms with Crippen LogP contribution in [-0.4, -0.2) is 11.0 Å². The van der Waals surface area contributed by atoms with Gasteiger partial charge >= 0.3 is 5.97 Å². The first-order chi connectivity index (χ1) is 13.5. The molecule has 0 radical (unpaired) electrons. The summed E-state index contributed by atoms with van der Waals surface area (Å²) < 4.78 is 12.2. The van der Waals surface area contributed by atoms with E-state index in [9.17, 15) is 9.59 Å². The van der Waals surface area contributed by atoms with Crippen LogP contribution in [0, 0.1) is 6.92 Å². The number of esters is 1. The molecular formula is C22H14BrNO4. The Morgan fingerprint density at radius 1 is 1.11 bits per heavy atom. The predicted octanol–water partition coefficient (Wildman–Crippen LogP) is 5.15. The molecule has 0 spiro atoms. The molecule has 2 aromatic heterocycles. The van der Waals surface area contributed by atoms with E-state index in [1.54, 1.807) is 43.5 Å². The van der Waals surface area contributed by atoms with E-state index in [0.717, 1.165) is 10.0 Å². The molecule has 5 nitrogen and oxygen atoms in total. The lowest BCUT2D eigenvalue weighted by atomic mass is 10.0. The number of hydrogen-bond acceptors (Lipinski definition) is 5. The van der Waals surface area contributed by atoms with E-state index in [1.807, 2.05) is 24.3 Å². The summed E-state index contributed by atoms with van der Waals surface area (Å²) in [5, 5.41) is 0.421. The van der Waals surface area contributed by atoms with Crippen LogP contribution in [0.3, 0.4) is 0 Å². The van der Waals surface area contributed by atoms with Crippen LogP contribution in [0.1, 0.15) is 16.1 Å². The number of aromatic nitrogens is 1. The molecule has 0 amide bonds. The van der Waals surface area contributed by atoms with Gasteiger partial charge in [0.15, 0.2) is 0 Å². The lowest BCUT2D eigenvalue weighted by Crippen LogP contribution is -2.10. The molecule has 0 fully saturated rings. The van der Waals surface area contributed by atoms with Crippen molar-refractivity contribution in [3.05, 3.63) is 93.0 Å². The second-order valence-corrected chi connectivity index (χ2v) is 7.07. The van der Waals surface area contributed by atoms with Gasteiger partial charge in [0, 0.05) is 22.9 Å². The van der Waals surface area contributed by atoms with Gasteiger partial charge in [-0.25, -0.2) is 4.79 Å². The van der Waals surface area contributed by atoms with Crippen LogP contribution in [-0.2, 0) is 0 Å². The van der Waals surface area contributed by atoms with Crippen molar-refractivity contribution in [1.82, 2.24) is 4.98 Å². The van der Waals surface area contributed by atoms with E-state index in [4.69, 9.17) is 9.15 Å². The van der Waals surface area contributed by atoms with Crippen LogP contribution < -0.4 is 10.2 Å². The molecule has 2 aromatic carbocycles. The lowest BCUT2D eigenvalue weighted by molar-refractivity contribution is 0.0734. The molecule has 0 saturated carbocycles. The molecule has 4 aromatic rings. The van der Waals surface area contributed by atoms with Gasteiger partial charge in [-0.2, -0.15) is 0 Å². The Bertz CT molecular complexity index is 1230. The highest BCUT2D eigenvalue weighted by Gasteiger charge is 2.15. The third-order valence-corrected chi connectivity index (χ3v) is 4.81. The van der Waals surface area contributed by atoms with Gasteiger partial charge in [-0.3, -0.25) is 9.78 Å². The van der Waals surface area contributed by atoms with Crippen LogP contribution >= 0.6 is 15.9 Å². The summed E-state index contributed by atoms with van der Waals surface area (Å²) >= 11 is 3.39. The quantitative estimate of drug-likeness (QED) is 0.328.